The molecule has 0 saturated heterocycles. The van der Waals surface area contributed by atoms with Crippen molar-refractivity contribution in [2.24, 2.45) is 0 Å². The Morgan fingerprint density at radius 1 is 1.33 bits per heavy atom. The van der Waals surface area contributed by atoms with E-state index in [1.165, 1.54) is 37.7 Å². The van der Waals surface area contributed by atoms with Gasteiger partial charge < -0.3 is 10.1 Å². The van der Waals surface area contributed by atoms with Gasteiger partial charge in [-0.25, -0.2) is 0 Å². The van der Waals surface area contributed by atoms with Gasteiger partial charge in [0.05, 0.1) is 0 Å². The van der Waals surface area contributed by atoms with Crippen molar-refractivity contribution in [1.82, 2.24) is 5.32 Å². The molecule has 1 aliphatic carbocycles. The first-order valence-corrected chi connectivity index (χ1v) is 9.93. The second kappa shape index (κ2) is 6.93. The molecule has 1 N–H and O–H groups in total. The van der Waals surface area contributed by atoms with Gasteiger partial charge in [-0.1, -0.05) is 35.2 Å². The van der Waals surface area contributed by atoms with Gasteiger partial charge in [0.25, 0.3) is 0 Å². The van der Waals surface area contributed by atoms with E-state index < -0.39 is 0 Å². The molecule has 1 heterocycles. The molecule has 21 heavy (non-hydrogen) atoms. The van der Waals surface area contributed by atoms with Crippen LogP contribution in [0.1, 0.15) is 37.7 Å². The maximum Gasteiger partial charge on any atom is 0.123 e. The van der Waals surface area contributed by atoms with E-state index in [1.807, 2.05) is 0 Å². The van der Waals surface area contributed by atoms with Gasteiger partial charge in [0.1, 0.15) is 11.9 Å². The van der Waals surface area contributed by atoms with Gasteiger partial charge in [-0.2, -0.15) is 11.8 Å². The molecule has 0 bridgehead atoms. The van der Waals surface area contributed by atoms with Crippen LogP contribution in [-0.4, -0.2) is 30.2 Å². The van der Waals surface area contributed by atoms with Crippen LogP contribution < -0.4 is 10.1 Å². The van der Waals surface area contributed by atoms with Crippen molar-refractivity contribution in [2.75, 3.05) is 19.3 Å². The Morgan fingerprint density at radius 2 is 2.14 bits per heavy atom. The lowest BCUT2D eigenvalue weighted by Gasteiger charge is -2.36. The highest BCUT2D eigenvalue weighted by atomic mass is 79.9. The molecular weight excluding hydrogens is 346 g/mol. The molecule has 0 radical (unpaired) electrons. The third-order valence-electron chi connectivity index (χ3n) is 4.78. The summed E-state index contributed by atoms with van der Waals surface area (Å²) in [7, 11) is 0. The summed E-state index contributed by atoms with van der Waals surface area (Å²) in [4.78, 5) is 0. The van der Waals surface area contributed by atoms with Crippen LogP contribution in [0.5, 0.6) is 5.75 Å². The second-order valence-electron chi connectivity index (χ2n) is 6.27. The van der Waals surface area contributed by atoms with E-state index in [9.17, 15) is 0 Å². The maximum absolute atomic E-state index is 6.03. The van der Waals surface area contributed by atoms with Crippen LogP contribution >= 0.6 is 27.7 Å². The van der Waals surface area contributed by atoms with Gasteiger partial charge >= 0.3 is 0 Å². The molecule has 1 saturated carbocycles. The summed E-state index contributed by atoms with van der Waals surface area (Å²) < 4.78 is 7.63. The Hall–Kier alpha value is -0.190. The number of fused-ring (bicyclic) bond motifs is 1. The van der Waals surface area contributed by atoms with Crippen molar-refractivity contribution < 1.29 is 4.74 Å². The van der Waals surface area contributed by atoms with Crippen LogP contribution in [0.3, 0.4) is 0 Å². The van der Waals surface area contributed by atoms with E-state index in [0.717, 1.165) is 29.7 Å². The normalized spacial score (nSPS) is 23.6. The lowest BCUT2D eigenvalue weighted by Crippen LogP contribution is -2.42. The van der Waals surface area contributed by atoms with Crippen molar-refractivity contribution in [2.45, 2.75) is 49.4 Å². The predicted molar refractivity (Wildman–Crippen MR) is 94.5 cm³/mol. The summed E-state index contributed by atoms with van der Waals surface area (Å²) in [5.74, 6) is 1.06. The summed E-state index contributed by atoms with van der Waals surface area (Å²) in [6.07, 6.45) is 10.5. The van der Waals surface area contributed by atoms with Gasteiger partial charge in [-0.05, 0) is 42.9 Å². The monoisotopic (exact) mass is 369 g/mol. The number of ether oxygens (including phenoxy) is 1. The highest BCUT2D eigenvalue weighted by Gasteiger charge is 2.31. The first-order valence-electron chi connectivity index (χ1n) is 7.92. The first kappa shape index (κ1) is 15.7. The van der Waals surface area contributed by atoms with Crippen molar-refractivity contribution >= 4 is 27.7 Å². The number of thioether (sulfide) groups is 1. The standard InChI is InChI=1S/C17H24BrNOS/c1-21-17(7-3-2-4-8-17)12-19-11-15-10-13-9-14(18)5-6-16(13)20-15/h5-6,9,15,19H,2-4,7-8,10-12H2,1H3. The quantitative estimate of drug-likeness (QED) is 0.830. The van der Waals surface area contributed by atoms with Crippen molar-refractivity contribution in [3.63, 3.8) is 0 Å². The van der Waals surface area contributed by atoms with E-state index in [1.54, 1.807) is 0 Å². The molecule has 2 aliphatic rings. The minimum Gasteiger partial charge on any atom is -0.488 e. The third-order valence-corrected chi connectivity index (χ3v) is 6.69. The second-order valence-corrected chi connectivity index (χ2v) is 8.46. The van der Waals surface area contributed by atoms with Gasteiger partial charge in [-0.15, -0.1) is 0 Å². The number of benzene rings is 1. The van der Waals surface area contributed by atoms with Crippen LogP contribution in [0.4, 0.5) is 0 Å². The summed E-state index contributed by atoms with van der Waals surface area (Å²) in [5.41, 5.74) is 1.33. The minimum atomic E-state index is 0.289. The van der Waals surface area contributed by atoms with Crippen LogP contribution in [0.2, 0.25) is 0 Å². The van der Waals surface area contributed by atoms with E-state index in [4.69, 9.17) is 4.74 Å². The molecule has 0 spiro atoms. The third kappa shape index (κ3) is 3.77. The summed E-state index contributed by atoms with van der Waals surface area (Å²) >= 11 is 5.59. The highest BCUT2D eigenvalue weighted by Crippen LogP contribution is 2.38. The molecule has 1 aromatic rings. The average molecular weight is 370 g/mol. The van der Waals surface area contributed by atoms with E-state index in [2.05, 4.69) is 57.5 Å². The van der Waals surface area contributed by atoms with Crippen LogP contribution in [-0.2, 0) is 6.42 Å². The number of halogens is 1. The Bertz CT molecular complexity index is 488. The van der Waals surface area contributed by atoms with Crippen molar-refractivity contribution in [3.05, 3.63) is 28.2 Å². The van der Waals surface area contributed by atoms with Crippen LogP contribution in [0.15, 0.2) is 22.7 Å². The molecule has 4 heteroatoms. The zero-order valence-corrected chi connectivity index (χ0v) is 15.1. The molecule has 1 fully saturated rings. The van der Waals surface area contributed by atoms with Crippen molar-refractivity contribution in [1.29, 1.82) is 0 Å². The van der Waals surface area contributed by atoms with Crippen molar-refractivity contribution in [3.8, 4) is 5.75 Å². The Balaban J connectivity index is 1.48. The fraction of sp³-hybridized carbons (Fsp3) is 0.647. The molecule has 0 amide bonds. The molecule has 1 unspecified atom stereocenters. The molecule has 2 nitrogen and oxygen atoms in total. The largest absolute Gasteiger partial charge is 0.488 e. The fourth-order valence-electron chi connectivity index (χ4n) is 3.51. The lowest BCUT2D eigenvalue weighted by molar-refractivity contribution is 0.223. The van der Waals surface area contributed by atoms with E-state index in [-0.39, 0.29) is 6.10 Å². The topological polar surface area (TPSA) is 21.3 Å². The number of nitrogens with one attached hydrogen (secondary N) is 1. The highest BCUT2D eigenvalue weighted by molar-refractivity contribution is 9.10. The molecule has 1 aliphatic heterocycles. The summed E-state index contributed by atoms with van der Waals surface area (Å²) in [5, 5.41) is 3.68. The van der Waals surface area contributed by atoms with Crippen LogP contribution in [0.25, 0.3) is 0 Å². The number of hydrogen-bond donors (Lipinski definition) is 1. The summed E-state index contributed by atoms with van der Waals surface area (Å²) in [6.45, 7) is 2.07. The smallest absolute Gasteiger partial charge is 0.123 e. The Kier molecular flexibility index (Phi) is 5.18. The molecule has 116 valence electrons. The minimum absolute atomic E-state index is 0.289. The van der Waals surface area contributed by atoms with E-state index in [0.29, 0.717) is 4.75 Å². The number of rotatable bonds is 5. The number of hydrogen-bond acceptors (Lipinski definition) is 3. The Labute approximate surface area is 140 Å². The molecule has 3 rings (SSSR count). The van der Waals surface area contributed by atoms with Gasteiger partial charge in [0.2, 0.25) is 0 Å². The van der Waals surface area contributed by atoms with Gasteiger partial charge in [0, 0.05) is 28.7 Å². The first-order chi connectivity index (χ1) is 10.2. The molecule has 0 aromatic heterocycles. The van der Waals surface area contributed by atoms with Gasteiger partial charge in [-0.3, -0.25) is 0 Å². The lowest BCUT2D eigenvalue weighted by atomic mass is 9.88. The zero-order chi connectivity index (χ0) is 14.7. The SMILES string of the molecule is CSC1(CNCC2Cc3cc(Br)ccc3O2)CCCCC1. The van der Waals surface area contributed by atoms with E-state index >= 15 is 0 Å². The van der Waals surface area contributed by atoms with Gasteiger partial charge in [0.15, 0.2) is 0 Å². The molecule has 1 atom stereocenters. The molecule has 1 aromatic carbocycles. The predicted octanol–water partition coefficient (Wildman–Crippen LogP) is 4.41. The Morgan fingerprint density at radius 3 is 2.90 bits per heavy atom. The average Bonchev–Trinajstić information content (AvgIpc) is 2.90. The molecular formula is C17H24BrNOS. The fourth-order valence-corrected chi connectivity index (χ4v) is 4.86. The zero-order valence-electron chi connectivity index (χ0n) is 12.7. The maximum atomic E-state index is 6.03. The van der Waals surface area contributed by atoms with Crippen LogP contribution in [0, 0.1) is 0 Å². The summed E-state index contributed by atoms with van der Waals surface area (Å²) in [6, 6.07) is 6.31.